The summed E-state index contributed by atoms with van der Waals surface area (Å²) >= 11 is 0. The molecular formula is C22H29FN4O3. The SMILES string of the molecule is NC(=O)C1(N2CCCCC2)CCN([C@@H]2CC(=O)N(Cc3ccc(F)cc3)C2=O)CC1. The van der Waals surface area contributed by atoms with Crippen LogP contribution in [0, 0.1) is 5.82 Å². The number of rotatable bonds is 5. The molecule has 3 heterocycles. The van der Waals surface area contributed by atoms with Crippen molar-refractivity contribution in [2.75, 3.05) is 26.2 Å². The van der Waals surface area contributed by atoms with Crippen LogP contribution in [0.5, 0.6) is 0 Å². The van der Waals surface area contributed by atoms with Gasteiger partial charge in [0.1, 0.15) is 11.4 Å². The summed E-state index contributed by atoms with van der Waals surface area (Å²) in [4.78, 5) is 43.4. The molecular weight excluding hydrogens is 387 g/mol. The molecule has 1 aromatic rings. The first-order valence-electron chi connectivity index (χ1n) is 10.8. The fourth-order valence-corrected chi connectivity index (χ4v) is 5.14. The minimum Gasteiger partial charge on any atom is -0.368 e. The van der Waals surface area contributed by atoms with Crippen LogP contribution in [0.15, 0.2) is 24.3 Å². The van der Waals surface area contributed by atoms with E-state index in [-0.39, 0.29) is 36.5 Å². The van der Waals surface area contributed by atoms with Gasteiger partial charge in [0.25, 0.3) is 0 Å². The Labute approximate surface area is 176 Å². The molecule has 3 saturated heterocycles. The van der Waals surface area contributed by atoms with Crippen molar-refractivity contribution in [1.29, 1.82) is 0 Å². The lowest BCUT2D eigenvalue weighted by atomic mass is 9.83. The number of amides is 3. The van der Waals surface area contributed by atoms with Crippen molar-refractivity contribution < 1.29 is 18.8 Å². The Balaban J connectivity index is 1.41. The molecule has 1 atom stereocenters. The number of likely N-dealkylation sites (tertiary alicyclic amines) is 3. The van der Waals surface area contributed by atoms with Crippen LogP contribution in [0.3, 0.4) is 0 Å². The number of nitrogens with two attached hydrogens (primary N) is 1. The number of carbonyl (C=O) groups is 3. The number of piperidine rings is 2. The van der Waals surface area contributed by atoms with E-state index in [4.69, 9.17) is 5.73 Å². The van der Waals surface area contributed by atoms with E-state index in [9.17, 15) is 18.8 Å². The Morgan fingerprint density at radius 1 is 1.03 bits per heavy atom. The molecule has 3 amide bonds. The number of hydrogen-bond donors (Lipinski definition) is 1. The Morgan fingerprint density at radius 3 is 2.27 bits per heavy atom. The van der Waals surface area contributed by atoms with Gasteiger partial charge in [0.15, 0.2) is 0 Å². The molecule has 8 heteroatoms. The highest BCUT2D eigenvalue weighted by Crippen LogP contribution is 2.34. The summed E-state index contributed by atoms with van der Waals surface area (Å²) in [5, 5.41) is 0. The second-order valence-electron chi connectivity index (χ2n) is 8.64. The average molecular weight is 416 g/mol. The number of carbonyl (C=O) groups excluding carboxylic acids is 3. The zero-order chi connectivity index (χ0) is 21.3. The molecule has 0 aromatic heterocycles. The predicted molar refractivity (Wildman–Crippen MR) is 109 cm³/mol. The molecule has 3 aliphatic heterocycles. The molecule has 2 N–H and O–H groups in total. The van der Waals surface area contributed by atoms with Crippen LogP contribution in [0.1, 0.15) is 44.1 Å². The minimum atomic E-state index is -0.642. The largest absolute Gasteiger partial charge is 0.368 e. The van der Waals surface area contributed by atoms with Crippen LogP contribution in [-0.4, -0.2) is 70.2 Å². The molecule has 0 saturated carbocycles. The third-order valence-electron chi connectivity index (χ3n) is 6.96. The number of primary amides is 1. The number of hydrogen-bond acceptors (Lipinski definition) is 5. The van der Waals surface area contributed by atoms with Gasteiger partial charge >= 0.3 is 0 Å². The zero-order valence-electron chi connectivity index (χ0n) is 17.2. The van der Waals surface area contributed by atoms with Gasteiger partial charge < -0.3 is 5.73 Å². The van der Waals surface area contributed by atoms with Crippen LogP contribution >= 0.6 is 0 Å². The number of benzene rings is 1. The topological polar surface area (TPSA) is 87.0 Å². The lowest BCUT2D eigenvalue weighted by Crippen LogP contribution is -2.64. The molecule has 0 unspecified atom stereocenters. The summed E-state index contributed by atoms with van der Waals surface area (Å²) in [6.07, 6.45) is 4.64. The smallest absolute Gasteiger partial charge is 0.247 e. The van der Waals surface area contributed by atoms with E-state index in [0.717, 1.165) is 31.5 Å². The molecule has 4 rings (SSSR count). The van der Waals surface area contributed by atoms with Crippen LogP contribution in [0.4, 0.5) is 4.39 Å². The third kappa shape index (κ3) is 3.86. The quantitative estimate of drug-likeness (QED) is 0.731. The molecule has 30 heavy (non-hydrogen) atoms. The molecule has 0 spiro atoms. The van der Waals surface area contributed by atoms with Crippen molar-refractivity contribution in [3.63, 3.8) is 0 Å². The van der Waals surface area contributed by atoms with Crippen molar-refractivity contribution in [1.82, 2.24) is 14.7 Å². The molecule has 162 valence electrons. The highest BCUT2D eigenvalue weighted by Gasteiger charge is 2.49. The average Bonchev–Trinajstić information content (AvgIpc) is 3.04. The molecule has 1 aromatic carbocycles. The fraction of sp³-hybridized carbons (Fsp3) is 0.591. The number of halogens is 1. The lowest BCUT2D eigenvalue weighted by molar-refractivity contribution is -0.141. The van der Waals surface area contributed by atoms with E-state index in [1.807, 2.05) is 4.90 Å². The van der Waals surface area contributed by atoms with Gasteiger partial charge in [-0.1, -0.05) is 18.6 Å². The maximum Gasteiger partial charge on any atom is 0.247 e. The van der Waals surface area contributed by atoms with Gasteiger partial charge in [-0.3, -0.25) is 29.1 Å². The second-order valence-corrected chi connectivity index (χ2v) is 8.64. The highest BCUT2D eigenvalue weighted by molar-refractivity contribution is 6.05. The van der Waals surface area contributed by atoms with Crippen LogP contribution in [0.2, 0.25) is 0 Å². The summed E-state index contributed by atoms with van der Waals surface area (Å²) in [6, 6.07) is 5.33. The van der Waals surface area contributed by atoms with Crippen LogP contribution < -0.4 is 5.73 Å². The lowest BCUT2D eigenvalue weighted by Gasteiger charge is -2.48. The van der Waals surface area contributed by atoms with E-state index in [1.54, 1.807) is 12.1 Å². The summed E-state index contributed by atoms with van der Waals surface area (Å²) in [6.45, 7) is 3.05. The molecule has 0 aliphatic carbocycles. The first-order chi connectivity index (χ1) is 14.4. The van der Waals surface area contributed by atoms with E-state index < -0.39 is 11.6 Å². The van der Waals surface area contributed by atoms with Crippen molar-refractivity contribution in [2.24, 2.45) is 5.73 Å². The highest BCUT2D eigenvalue weighted by atomic mass is 19.1. The van der Waals surface area contributed by atoms with Gasteiger partial charge in [0, 0.05) is 13.1 Å². The Hall–Kier alpha value is -2.32. The zero-order valence-corrected chi connectivity index (χ0v) is 17.2. The maximum atomic E-state index is 13.1. The molecule has 7 nitrogen and oxygen atoms in total. The van der Waals surface area contributed by atoms with E-state index in [1.165, 1.54) is 23.5 Å². The first kappa shape index (κ1) is 20.9. The van der Waals surface area contributed by atoms with Crippen molar-refractivity contribution in [2.45, 2.75) is 56.7 Å². The fourth-order valence-electron chi connectivity index (χ4n) is 5.14. The van der Waals surface area contributed by atoms with Gasteiger partial charge in [0.05, 0.1) is 19.0 Å². The standard InChI is InChI=1S/C22H29FN4O3/c23-17-6-4-16(5-7-17)15-27-19(28)14-18(20(27)29)25-12-8-22(9-13-25,21(24)30)26-10-2-1-3-11-26/h4-7,18H,1-3,8-15H2,(H2,24,30)/t18-/m1/s1. The molecule has 3 aliphatic rings. The molecule has 3 fully saturated rings. The predicted octanol–water partition coefficient (Wildman–Crippen LogP) is 1.26. The Bertz CT molecular complexity index is 814. The van der Waals surface area contributed by atoms with Gasteiger partial charge in [-0.15, -0.1) is 0 Å². The Morgan fingerprint density at radius 2 is 1.67 bits per heavy atom. The summed E-state index contributed by atoms with van der Waals surface area (Å²) < 4.78 is 13.1. The molecule has 0 bridgehead atoms. The van der Waals surface area contributed by atoms with Gasteiger partial charge in [-0.05, 0) is 56.5 Å². The van der Waals surface area contributed by atoms with E-state index in [2.05, 4.69) is 4.90 Å². The number of nitrogens with zero attached hydrogens (tertiary/aromatic N) is 3. The summed E-state index contributed by atoms with van der Waals surface area (Å²) in [7, 11) is 0. The summed E-state index contributed by atoms with van der Waals surface area (Å²) in [5.41, 5.74) is 5.92. The van der Waals surface area contributed by atoms with Crippen molar-refractivity contribution >= 4 is 17.7 Å². The second kappa shape index (κ2) is 8.43. The van der Waals surface area contributed by atoms with Crippen molar-refractivity contribution in [3.8, 4) is 0 Å². The first-order valence-corrected chi connectivity index (χ1v) is 10.8. The maximum absolute atomic E-state index is 13.1. The minimum absolute atomic E-state index is 0.146. The molecule has 0 radical (unpaired) electrons. The van der Waals surface area contributed by atoms with Gasteiger partial charge in [0.2, 0.25) is 17.7 Å². The van der Waals surface area contributed by atoms with Crippen LogP contribution in [-0.2, 0) is 20.9 Å². The van der Waals surface area contributed by atoms with Gasteiger partial charge in [-0.25, -0.2) is 4.39 Å². The monoisotopic (exact) mass is 416 g/mol. The normalized spacial score (nSPS) is 25.6. The Kier molecular flexibility index (Phi) is 5.88. The van der Waals surface area contributed by atoms with E-state index in [0.29, 0.717) is 25.9 Å². The van der Waals surface area contributed by atoms with Crippen LogP contribution in [0.25, 0.3) is 0 Å². The summed E-state index contributed by atoms with van der Waals surface area (Å²) in [5.74, 6) is -1.06. The van der Waals surface area contributed by atoms with Gasteiger partial charge in [-0.2, -0.15) is 0 Å². The van der Waals surface area contributed by atoms with Crippen molar-refractivity contribution in [3.05, 3.63) is 35.6 Å². The third-order valence-corrected chi connectivity index (χ3v) is 6.96. The number of imide groups is 1. The van der Waals surface area contributed by atoms with E-state index >= 15 is 0 Å².